The van der Waals surface area contributed by atoms with E-state index >= 15 is 0 Å². The van der Waals surface area contributed by atoms with Gasteiger partial charge in [-0.15, -0.1) is 0 Å². The number of pyridine rings is 1. The highest BCUT2D eigenvalue weighted by Crippen LogP contribution is 2.18. The molecule has 0 aliphatic heterocycles. The molecule has 0 aliphatic carbocycles. The Balaban J connectivity index is 1.73. The number of nitrogens with zero attached hydrogens (tertiary/aromatic N) is 4. The summed E-state index contributed by atoms with van der Waals surface area (Å²) in [5.74, 6) is 0. The van der Waals surface area contributed by atoms with E-state index in [1.54, 1.807) is 12.4 Å². The van der Waals surface area contributed by atoms with Crippen LogP contribution in [0, 0.1) is 0 Å². The van der Waals surface area contributed by atoms with Gasteiger partial charge < -0.3 is 5.32 Å². The van der Waals surface area contributed by atoms with Crippen molar-refractivity contribution < 1.29 is 0 Å². The lowest BCUT2D eigenvalue weighted by Gasteiger charge is -2.04. The van der Waals surface area contributed by atoms with Gasteiger partial charge in [0.1, 0.15) is 11.0 Å². The van der Waals surface area contributed by atoms with Crippen LogP contribution in [0.2, 0.25) is 0 Å². The third-order valence-corrected chi connectivity index (χ3v) is 2.95. The van der Waals surface area contributed by atoms with E-state index in [1.807, 2.05) is 16.9 Å². The summed E-state index contributed by atoms with van der Waals surface area (Å²) in [5, 5.41) is 14.7. The van der Waals surface area contributed by atoms with Crippen molar-refractivity contribution in [3.05, 3.63) is 36.4 Å². The molecule has 19 heavy (non-hydrogen) atoms. The van der Waals surface area contributed by atoms with E-state index in [1.165, 1.54) is 0 Å². The maximum absolute atomic E-state index is 4.31. The zero-order chi connectivity index (χ0) is 13.1. The largest absolute Gasteiger partial charge is 0.379 e. The molecular weight excluding hydrogens is 240 g/mol. The van der Waals surface area contributed by atoms with Crippen LogP contribution in [-0.4, -0.2) is 25.0 Å². The average molecular weight is 256 g/mol. The number of rotatable bonds is 5. The second-order valence-corrected chi connectivity index (χ2v) is 4.44. The van der Waals surface area contributed by atoms with Crippen LogP contribution >= 0.6 is 0 Å². The van der Waals surface area contributed by atoms with Gasteiger partial charge in [-0.25, -0.2) is 0 Å². The molecule has 0 unspecified atom stereocenters. The fourth-order valence-electron chi connectivity index (χ4n) is 2.04. The van der Waals surface area contributed by atoms with Crippen molar-refractivity contribution in [2.45, 2.75) is 26.4 Å². The Morgan fingerprint density at radius 2 is 2.37 bits per heavy atom. The summed E-state index contributed by atoms with van der Waals surface area (Å²) >= 11 is 0. The third-order valence-electron chi connectivity index (χ3n) is 2.95. The van der Waals surface area contributed by atoms with Gasteiger partial charge >= 0.3 is 0 Å². The van der Waals surface area contributed by atoms with E-state index in [0.29, 0.717) is 0 Å². The lowest BCUT2D eigenvalue weighted by Crippen LogP contribution is -2.00. The van der Waals surface area contributed by atoms with Crippen LogP contribution in [0.25, 0.3) is 11.0 Å². The fourth-order valence-corrected chi connectivity index (χ4v) is 2.04. The molecule has 0 aromatic carbocycles. The topological polar surface area (TPSA) is 71.4 Å². The minimum atomic E-state index is 0.732. The zero-order valence-corrected chi connectivity index (χ0v) is 10.8. The second kappa shape index (κ2) is 5.09. The van der Waals surface area contributed by atoms with Gasteiger partial charge in [-0.05, 0) is 12.5 Å². The molecule has 0 spiro atoms. The first-order valence-corrected chi connectivity index (χ1v) is 6.40. The molecule has 3 rings (SSSR count). The van der Waals surface area contributed by atoms with E-state index in [9.17, 15) is 0 Å². The Morgan fingerprint density at radius 1 is 1.42 bits per heavy atom. The van der Waals surface area contributed by atoms with Crippen LogP contribution in [0.1, 0.15) is 18.9 Å². The predicted octanol–water partition coefficient (Wildman–Crippen LogP) is 2.18. The molecule has 3 heterocycles. The van der Waals surface area contributed by atoms with Crippen molar-refractivity contribution in [3.8, 4) is 0 Å². The maximum atomic E-state index is 4.31. The van der Waals surface area contributed by atoms with Crippen LogP contribution in [0.3, 0.4) is 0 Å². The van der Waals surface area contributed by atoms with Crippen molar-refractivity contribution in [3.63, 3.8) is 0 Å². The fraction of sp³-hybridized carbons (Fsp3) is 0.308. The highest BCUT2D eigenvalue weighted by atomic mass is 15.3. The molecule has 3 aromatic rings. The molecule has 0 aliphatic rings. The number of H-pyrrole nitrogens is 1. The number of aryl methyl sites for hydroxylation is 1. The lowest BCUT2D eigenvalue weighted by atomic mass is 10.3. The second-order valence-electron chi connectivity index (χ2n) is 4.44. The molecule has 3 aromatic heterocycles. The molecule has 98 valence electrons. The van der Waals surface area contributed by atoms with E-state index in [4.69, 9.17) is 0 Å². The third kappa shape index (κ3) is 2.42. The van der Waals surface area contributed by atoms with Gasteiger partial charge in [0.2, 0.25) is 0 Å². The molecule has 2 N–H and O–H groups in total. The highest BCUT2D eigenvalue weighted by Gasteiger charge is 2.04. The van der Waals surface area contributed by atoms with Crippen molar-refractivity contribution in [2.24, 2.45) is 0 Å². The van der Waals surface area contributed by atoms with Gasteiger partial charge in [0.05, 0.1) is 11.9 Å². The van der Waals surface area contributed by atoms with Gasteiger partial charge in [0.15, 0.2) is 0 Å². The Bertz CT molecular complexity index is 668. The van der Waals surface area contributed by atoms with Crippen LogP contribution in [-0.2, 0) is 13.1 Å². The maximum Gasteiger partial charge on any atom is 0.134 e. The standard InChI is InChI=1S/C13H16N6/c1-2-5-19-9-10(7-17-19)6-15-11-3-4-14-12-8-16-18-13(11)12/h3-4,7-9H,2,5-6H2,1H3,(H,14,15)(H,16,18). The first-order valence-electron chi connectivity index (χ1n) is 6.40. The number of aromatic amines is 1. The van der Waals surface area contributed by atoms with E-state index in [-0.39, 0.29) is 0 Å². The molecule has 0 atom stereocenters. The van der Waals surface area contributed by atoms with Gasteiger partial charge in [-0.1, -0.05) is 6.92 Å². The summed E-state index contributed by atoms with van der Waals surface area (Å²) in [6, 6.07) is 1.93. The van der Waals surface area contributed by atoms with Crippen LogP contribution in [0.5, 0.6) is 0 Å². The minimum Gasteiger partial charge on any atom is -0.379 e. The molecule has 0 amide bonds. The number of hydrogen-bond donors (Lipinski definition) is 2. The molecule has 0 fully saturated rings. The summed E-state index contributed by atoms with van der Waals surface area (Å²) in [4.78, 5) is 4.24. The monoisotopic (exact) mass is 256 g/mol. The van der Waals surface area contributed by atoms with Gasteiger partial charge in [-0.3, -0.25) is 14.8 Å². The Morgan fingerprint density at radius 3 is 3.26 bits per heavy atom. The van der Waals surface area contributed by atoms with Crippen molar-refractivity contribution >= 4 is 16.7 Å². The van der Waals surface area contributed by atoms with Crippen LogP contribution < -0.4 is 5.32 Å². The lowest BCUT2D eigenvalue weighted by molar-refractivity contribution is 0.602. The summed E-state index contributed by atoms with van der Waals surface area (Å²) in [6.45, 7) is 3.83. The number of hydrogen-bond acceptors (Lipinski definition) is 4. The molecule has 0 bridgehead atoms. The summed E-state index contributed by atoms with van der Waals surface area (Å²) in [6.07, 6.45) is 8.62. The Kier molecular flexibility index (Phi) is 3.14. The molecule has 6 heteroatoms. The van der Waals surface area contributed by atoms with Gasteiger partial charge in [0.25, 0.3) is 0 Å². The summed E-state index contributed by atoms with van der Waals surface area (Å²) < 4.78 is 1.97. The summed E-state index contributed by atoms with van der Waals surface area (Å²) in [7, 11) is 0. The Labute approximate surface area is 110 Å². The van der Waals surface area contributed by atoms with E-state index < -0.39 is 0 Å². The van der Waals surface area contributed by atoms with Crippen LogP contribution in [0.15, 0.2) is 30.9 Å². The van der Waals surface area contributed by atoms with Gasteiger partial charge in [-0.2, -0.15) is 10.2 Å². The molecule has 6 nitrogen and oxygen atoms in total. The van der Waals surface area contributed by atoms with Gasteiger partial charge in [0, 0.05) is 37.2 Å². The highest BCUT2D eigenvalue weighted by molar-refractivity contribution is 5.86. The first-order chi connectivity index (χ1) is 9.36. The molecule has 0 saturated carbocycles. The average Bonchev–Trinajstić information content (AvgIpc) is 3.05. The first kappa shape index (κ1) is 11.7. The molecule has 0 radical (unpaired) electrons. The van der Waals surface area contributed by atoms with Crippen molar-refractivity contribution in [1.29, 1.82) is 0 Å². The minimum absolute atomic E-state index is 0.732. The van der Waals surface area contributed by atoms with Crippen LogP contribution in [0.4, 0.5) is 5.69 Å². The SMILES string of the molecule is CCCn1cc(CNc2ccnc3c[nH]nc23)cn1. The Hall–Kier alpha value is -2.37. The van der Waals surface area contributed by atoms with Crippen molar-refractivity contribution in [2.75, 3.05) is 5.32 Å². The number of fused-ring (bicyclic) bond motifs is 1. The number of anilines is 1. The number of nitrogens with one attached hydrogen (secondary N) is 2. The smallest absolute Gasteiger partial charge is 0.134 e. The normalized spacial score (nSPS) is 11.0. The zero-order valence-electron chi connectivity index (χ0n) is 10.8. The number of aromatic nitrogens is 5. The van der Waals surface area contributed by atoms with E-state index in [0.717, 1.165) is 41.8 Å². The van der Waals surface area contributed by atoms with Crippen molar-refractivity contribution in [1.82, 2.24) is 25.0 Å². The van der Waals surface area contributed by atoms with E-state index in [2.05, 4.69) is 38.7 Å². The quantitative estimate of drug-likeness (QED) is 0.734. The molecular formula is C13H16N6. The molecule has 0 saturated heterocycles. The predicted molar refractivity (Wildman–Crippen MR) is 73.7 cm³/mol. The summed E-state index contributed by atoms with van der Waals surface area (Å²) in [5.41, 5.74) is 3.87.